The number of sulfone groups is 1. The fourth-order valence-corrected chi connectivity index (χ4v) is 3.41. The van der Waals surface area contributed by atoms with Crippen molar-refractivity contribution < 1.29 is 13.2 Å². The Morgan fingerprint density at radius 3 is 2.57 bits per heavy atom. The van der Waals surface area contributed by atoms with E-state index in [-0.39, 0.29) is 17.4 Å². The van der Waals surface area contributed by atoms with Crippen molar-refractivity contribution in [3.63, 3.8) is 0 Å². The van der Waals surface area contributed by atoms with Gasteiger partial charge in [-0.05, 0) is 18.4 Å². The van der Waals surface area contributed by atoms with Crippen molar-refractivity contribution in [2.45, 2.75) is 38.0 Å². The van der Waals surface area contributed by atoms with E-state index in [1.165, 1.54) is 0 Å². The molecule has 0 radical (unpaired) electrons. The van der Waals surface area contributed by atoms with Crippen molar-refractivity contribution in [1.82, 2.24) is 5.32 Å². The Kier molecular flexibility index (Phi) is 7.39. The minimum Gasteiger partial charge on any atom is -0.355 e. The van der Waals surface area contributed by atoms with Crippen LogP contribution in [-0.2, 0) is 20.4 Å². The third-order valence-corrected chi connectivity index (χ3v) is 4.78. The molecule has 3 N–H and O–H groups in total. The lowest BCUT2D eigenvalue weighted by Crippen LogP contribution is -2.41. The molecule has 0 aliphatic rings. The van der Waals surface area contributed by atoms with Gasteiger partial charge >= 0.3 is 0 Å². The van der Waals surface area contributed by atoms with E-state index >= 15 is 0 Å². The highest BCUT2D eigenvalue weighted by Crippen LogP contribution is 2.06. The highest BCUT2D eigenvalue weighted by molar-refractivity contribution is 7.90. The predicted molar refractivity (Wildman–Crippen MR) is 84.4 cm³/mol. The normalized spacial score (nSPS) is 12.9. The molecule has 0 bridgehead atoms. The second kappa shape index (κ2) is 8.79. The average molecular weight is 312 g/mol. The first-order valence-corrected chi connectivity index (χ1v) is 9.04. The molecule has 0 fully saturated rings. The molecule has 0 saturated carbocycles. The van der Waals surface area contributed by atoms with Crippen LogP contribution in [0.2, 0.25) is 0 Å². The van der Waals surface area contributed by atoms with Gasteiger partial charge in [0.1, 0.15) is 0 Å². The zero-order valence-corrected chi connectivity index (χ0v) is 13.2. The first kappa shape index (κ1) is 17.7. The molecule has 1 amide bonds. The Labute approximate surface area is 126 Å². The molecule has 0 aliphatic heterocycles. The van der Waals surface area contributed by atoms with E-state index in [4.69, 9.17) is 5.73 Å². The standard InChI is InChI=1S/C15H24N2O3S/c1-2-7-14(16)15(18)17-10-6-11-21(19,20)12-13-8-4-3-5-9-13/h3-5,8-9,14H,2,6-7,10-12,16H2,1H3,(H,17,18). The van der Waals surface area contributed by atoms with Gasteiger partial charge in [-0.25, -0.2) is 8.42 Å². The molecule has 1 rings (SSSR count). The zero-order valence-electron chi connectivity index (χ0n) is 12.4. The number of nitrogens with one attached hydrogen (secondary N) is 1. The van der Waals surface area contributed by atoms with Crippen molar-refractivity contribution >= 4 is 15.7 Å². The lowest BCUT2D eigenvalue weighted by atomic mass is 10.2. The van der Waals surface area contributed by atoms with Crippen LogP contribution >= 0.6 is 0 Å². The maximum atomic E-state index is 11.9. The van der Waals surface area contributed by atoms with Gasteiger partial charge in [0.25, 0.3) is 0 Å². The number of amides is 1. The number of rotatable bonds is 9. The van der Waals surface area contributed by atoms with Crippen LogP contribution in [0.3, 0.4) is 0 Å². The molecule has 0 spiro atoms. The summed E-state index contributed by atoms with van der Waals surface area (Å²) >= 11 is 0. The Hall–Kier alpha value is -1.40. The maximum absolute atomic E-state index is 11.9. The minimum absolute atomic E-state index is 0.0388. The van der Waals surface area contributed by atoms with E-state index in [1.807, 2.05) is 25.1 Å². The smallest absolute Gasteiger partial charge is 0.236 e. The minimum atomic E-state index is -3.15. The van der Waals surface area contributed by atoms with Crippen LogP contribution in [0.25, 0.3) is 0 Å². The number of hydrogen-bond acceptors (Lipinski definition) is 4. The summed E-state index contributed by atoms with van der Waals surface area (Å²) in [6, 6.07) is 8.58. The van der Waals surface area contributed by atoms with E-state index in [0.29, 0.717) is 19.4 Å². The van der Waals surface area contributed by atoms with Gasteiger partial charge in [0.05, 0.1) is 17.5 Å². The van der Waals surface area contributed by atoms with E-state index < -0.39 is 15.9 Å². The van der Waals surface area contributed by atoms with Gasteiger partial charge in [-0.3, -0.25) is 4.79 Å². The lowest BCUT2D eigenvalue weighted by Gasteiger charge is -2.11. The first-order valence-electron chi connectivity index (χ1n) is 7.22. The molecular formula is C15H24N2O3S. The molecule has 6 heteroatoms. The topological polar surface area (TPSA) is 89.3 Å². The summed E-state index contributed by atoms with van der Waals surface area (Å²) in [6.45, 7) is 2.30. The summed E-state index contributed by atoms with van der Waals surface area (Å²) in [6.07, 6.45) is 1.89. The Bertz CT molecular complexity index is 529. The molecule has 1 aromatic rings. The largest absolute Gasteiger partial charge is 0.355 e. The van der Waals surface area contributed by atoms with Gasteiger partial charge in [0.15, 0.2) is 9.84 Å². The first-order chi connectivity index (χ1) is 9.94. The number of carbonyl (C=O) groups is 1. The van der Waals surface area contributed by atoms with Gasteiger partial charge in [-0.1, -0.05) is 43.7 Å². The molecule has 0 aliphatic carbocycles. The number of hydrogen-bond donors (Lipinski definition) is 2. The van der Waals surface area contributed by atoms with Crippen LogP contribution in [0.5, 0.6) is 0 Å². The monoisotopic (exact) mass is 312 g/mol. The summed E-state index contributed by atoms with van der Waals surface area (Å²) in [4.78, 5) is 11.6. The van der Waals surface area contributed by atoms with Gasteiger partial charge < -0.3 is 11.1 Å². The van der Waals surface area contributed by atoms with Gasteiger partial charge in [-0.15, -0.1) is 0 Å². The number of benzene rings is 1. The summed E-state index contributed by atoms with van der Waals surface area (Å²) < 4.78 is 23.9. The van der Waals surface area contributed by atoms with Crippen LogP contribution in [-0.4, -0.2) is 32.7 Å². The Morgan fingerprint density at radius 1 is 1.29 bits per heavy atom. The fourth-order valence-electron chi connectivity index (χ4n) is 1.98. The molecule has 1 atom stereocenters. The van der Waals surface area contributed by atoms with Crippen LogP contribution in [0, 0.1) is 0 Å². The van der Waals surface area contributed by atoms with Gasteiger partial charge in [0, 0.05) is 6.54 Å². The number of carbonyl (C=O) groups excluding carboxylic acids is 1. The highest BCUT2D eigenvalue weighted by atomic mass is 32.2. The number of nitrogens with two attached hydrogens (primary N) is 1. The summed E-state index contributed by atoms with van der Waals surface area (Å²) in [7, 11) is -3.15. The molecule has 0 saturated heterocycles. The van der Waals surface area contributed by atoms with Gasteiger partial charge in [0.2, 0.25) is 5.91 Å². The fraction of sp³-hybridized carbons (Fsp3) is 0.533. The van der Waals surface area contributed by atoms with Crippen molar-refractivity contribution in [2.75, 3.05) is 12.3 Å². The van der Waals surface area contributed by atoms with E-state index in [2.05, 4.69) is 5.32 Å². The Morgan fingerprint density at radius 2 is 1.95 bits per heavy atom. The van der Waals surface area contributed by atoms with Crippen LogP contribution in [0.15, 0.2) is 30.3 Å². The summed E-state index contributed by atoms with van der Waals surface area (Å²) in [5.74, 6) is -0.111. The molecule has 1 aromatic carbocycles. The van der Waals surface area contributed by atoms with Crippen molar-refractivity contribution in [2.24, 2.45) is 5.73 Å². The van der Waals surface area contributed by atoms with Crippen LogP contribution < -0.4 is 11.1 Å². The quantitative estimate of drug-likeness (QED) is 0.671. The molecule has 118 valence electrons. The van der Waals surface area contributed by atoms with Gasteiger partial charge in [-0.2, -0.15) is 0 Å². The van der Waals surface area contributed by atoms with Crippen LogP contribution in [0.1, 0.15) is 31.7 Å². The maximum Gasteiger partial charge on any atom is 0.236 e. The van der Waals surface area contributed by atoms with E-state index in [1.54, 1.807) is 12.1 Å². The molecule has 1 unspecified atom stereocenters. The molecule has 0 aromatic heterocycles. The predicted octanol–water partition coefficient (Wildman–Crippen LogP) is 1.24. The third-order valence-electron chi connectivity index (χ3n) is 3.10. The van der Waals surface area contributed by atoms with E-state index in [9.17, 15) is 13.2 Å². The molecule has 5 nitrogen and oxygen atoms in total. The Balaban J connectivity index is 2.30. The molecular weight excluding hydrogens is 288 g/mol. The SMILES string of the molecule is CCCC(N)C(=O)NCCCS(=O)(=O)Cc1ccccc1. The zero-order chi connectivity index (χ0) is 15.7. The summed E-state index contributed by atoms with van der Waals surface area (Å²) in [5, 5.41) is 2.68. The lowest BCUT2D eigenvalue weighted by molar-refractivity contribution is -0.122. The molecule has 21 heavy (non-hydrogen) atoms. The third kappa shape index (κ3) is 7.24. The molecule has 0 heterocycles. The van der Waals surface area contributed by atoms with Crippen molar-refractivity contribution in [3.05, 3.63) is 35.9 Å². The average Bonchev–Trinajstić information content (AvgIpc) is 2.44. The second-order valence-corrected chi connectivity index (χ2v) is 7.30. The van der Waals surface area contributed by atoms with E-state index in [0.717, 1.165) is 12.0 Å². The van der Waals surface area contributed by atoms with Crippen molar-refractivity contribution in [3.8, 4) is 0 Å². The van der Waals surface area contributed by atoms with Crippen molar-refractivity contribution in [1.29, 1.82) is 0 Å². The summed E-state index contributed by atoms with van der Waals surface area (Å²) in [5.41, 5.74) is 6.45. The highest BCUT2D eigenvalue weighted by Gasteiger charge is 2.14. The van der Waals surface area contributed by atoms with Crippen LogP contribution in [0.4, 0.5) is 0 Å². The second-order valence-electron chi connectivity index (χ2n) is 5.12.